The molecule has 0 radical (unpaired) electrons. The molecule has 5 nitrogen and oxygen atoms in total. The predicted octanol–water partition coefficient (Wildman–Crippen LogP) is 1.65. The van der Waals surface area contributed by atoms with Crippen molar-refractivity contribution in [2.75, 3.05) is 0 Å². The molecule has 0 saturated heterocycles. The van der Waals surface area contributed by atoms with Crippen LogP contribution in [0, 0.1) is 0 Å². The van der Waals surface area contributed by atoms with Crippen molar-refractivity contribution in [1.82, 2.24) is 9.97 Å². The molecule has 0 saturated carbocycles. The van der Waals surface area contributed by atoms with Gasteiger partial charge in [-0.05, 0) is 24.5 Å². The van der Waals surface area contributed by atoms with E-state index in [2.05, 4.69) is 22.1 Å². The van der Waals surface area contributed by atoms with E-state index in [1.54, 1.807) is 6.07 Å². The van der Waals surface area contributed by atoms with E-state index in [9.17, 15) is 9.90 Å². The van der Waals surface area contributed by atoms with Crippen LogP contribution in [-0.2, 0) is 17.6 Å². The highest BCUT2D eigenvalue weighted by molar-refractivity contribution is 5.93. The fourth-order valence-electron chi connectivity index (χ4n) is 1.76. The maximum Gasteiger partial charge on any atom is 0.283 e. The fraction of sp³-hybridized carbons (Fsp3) is 0.133. The van der Waals surface area contributed by atoms with Gasteiger partial charge in [-0.1, -0.05) is 30.3 Å². The normalized spacial score (nSPS) is 11.3. The number of hydrogen-bond donors (Lipinski definition) is 2. The average Bonchev–Trinajstić information content (AvgIpc) is 2.46. The van der Waals surface area contributed by atoms with Crippen LogP contribution in [0.3, 0.4) is 0 Å². The van der Waals surface area contributed by atoms with E-state index in [0.29, 0.717) is 5.69 Å². The van der Waals surface area contributed by atoms with Crippen molar-refractivity contribution >= 4 is 12.0 Å². The van der Waals surface area contributed by atoms with Crippen LogP contribution in [0.1, 0.15) is 17.0 Å². The van der Waals surface area contributed by atoms with Gasteiger partial charge in [-0.2, -0.15) is 0 Å². The lowest BCUT2D eigenvalue weighted by Crippen LogP contribution is -2.13. The average molecular weight is 269 g/mol. The molecule has 3 N–H and O–H groups in total. The number of aromatic nitrogens is 2. The van der Waals surface area contributed by atoms with Crippen LogP contribution in [0.2, 0.25) is 0 Å². The third-order valence-electron chi connectivity index (χ3n) is 2.79. The monoisotopic (exact) mass is 269 g/mol. The summed E-state index contributed by atoms with van der Waals surface area (Å²) in [6.07, 6.45) is 4.25. The molecular weight excluding hydrogens is 254 g/mol. The topological polar surface area (TPSA) is 89.1 Å². The number of hydrogen-bond acceptors (Lipinski definition) is 4. The fourth-order valence-corrected chi connectivity index (χ4v) is 1.76. The number of nitrogens with zero attached hydrogens (tertiary/aromatic N) is 2. The molecule has 0 aliphatic heterocycles. The smallest absolute Gasteiger partial charge is 0.283 e. The Morgan fingerprint density at radius 3 is 2.65 bits per heavy atom. The Labute approximate surface area is 116 Å². The minimum atomic E-state index is -0.880. The molecule has 1 heterocycles. The van der Waals surface area contributed by atoms with Crippen LogP contribution >= 0.6 is 0 Å². The molecule has 1 aromatic heterocycles. The number of amides is 1. The number of rotatable bonds is 5. The number of carbonyl (C=O) groups excluding carboxylic acids is 1. The van der Waals surface area contributed by atoms with Gasteiger partial charge in [-0.3, -0.25) is 4.79 Å². The standard InChI is InChI=1S/C15H15N3O2/c16-15(20)14(19)9-13-8-12(17-10-18-13)7-6-11-4-2-1-3-5-11/h1-5,8-10,19H,6-7H2,(H2,16,20)/b14-9-. The van der Waals surface area contributed by atoms with Gasteiger partial charge >= 0.3 is 0 Å². The summed E-state index contributed by atoms with van der Waals surface area (Å²) in [5.41, 5.74) is 7.48. The number of aliphatic hydroxyl groups excluding tert-OH is 1. The summed E-state index contributed by atoms with van der Waals surface area (Å²) in [6, 6.07) is 11.8. The van der Waals surface area contributed by atoms with Crippen LogP contribution < -0.4 is 5.73 Å². The van der Waals surface area contributed by atoms with Gasteiger partial charge in [0.25, 0.3) is 5.91 Å². The van der Waals surface area contributed by atoms with Crippen molar-refractivity contribution in [3.05, 3.63) is 65.4 Å². The van der Waals surface area contributed by atoms with Gasteiger partial charge in [-0.15, -0.1) is 0 Å². The lowest BCUT2D eigenvalue weighted by molar-refractivity contribution is -0.116. The van der Waals surface area contributed by atoms with E-state index in [1.165, 1.54) is 18.0 Å². The van der Waals surface area contributed by atoms with Gasteiger partial charge in [0.05, 0.1) is 5.69 Å². The summed E-state index contributed by atoms with van der Waals surface area (Å²) in [6.45, 7) is 0. The number of aryl methyl sites for hydroxylation is 2. The number of benzene rings is 1. The Morgan fingerprint density at radius 1 is 1.20 bits per heavy atom. The van der Waals surface area contributed by atoms with E-state index >= 15 is 0 Å². The van der Waals surface area contributed by atoms with E-state index in [4.69, 9.17) is 5.73 Å². The highest BCUT2D eigenvalue weighted by Gasteiger charge is 2.03. The van der Waals surface area contributed by atoms with Gasteiger partial charge in [0.15, 0.2) is 5.76 Å². The Kier molecular flexibility index (Phi) is 4.44. The zero-order valence-electron chi connectivity index (χ0n) is 10.9. The minimum absolute atomic E-state index is 0.458. The Hall–Kier alpha value is -2.69. The zero-order chi connectivity index (χ0) is 14.4. The molecule has 2 rings (SSSR count). The quantitative estimate of drug-likeness (QED) is 0.638. The van der Waals surface area contributed by atoms with E-state index in [0.717, 1.165) is 18.5 Å². The minimum Gasteiger partial charge on any atom is -0.503 e. The molecule has 0 aliphatic rings. The maximum atomic E-state index is 10.8. The van der Waals surface area contributed by atoms with Crippen LogP contribution in [0.15, 0.2) is 48.5 Å². The zero-order valence-corrected chi connectivity index (χ0v) is 10.9. The lowest BCUT2D eigenvalue weighted by atomic mass is 10.1. The van der Waals surface area contributed by atoms with Gasteiger partial charge < -0.3 is 10.8 Å². The van der Waals surface area contributed by atoms with E-state index in [-0.39, 0.29) is 0 Å². The lowest BCUT2D eigenvalue weighted by Gasteiger charge is -2.02. The summed E-state index contributed by atoms with van der Waals surface area (Å²) < 4.78 is 0. The molecule has 2 aromatic rings. The molecule has 0 fully saturated rings. The largest absolute Gasteiger partial charge is 0.503 e. The van der Waals surface area contributed by atoms with Crippen molar-refractivity contribution in [1.29, 1.82) is 0 Å². The van der Waals surface area contributed by atoms with Gasteiger partial charge in [0, 0.05) is 11.8 Å². The summed E-state index contributed by atoms with van der Waals surface area (Å²) in [5, 5.41) is 9.30. The summed E-state index contributed by atoms with van der Waals surface area (Å²) in [5.74, 6) is -1.40. The number of primary amides is 1. The highest BCUT2D eigenvalue weighted by Crippen LogP contribution is 2.07. The first-order valence-electron chi connectivity index (χ1n) is 6.20. The molecule has 0 bridgehead atoms. The van der Waals surface area contributed by atoms with Gasteiger partial charge in [0.1, 0.15) is 6.33 Å². The molecule has 0 aliphatic carbocycles. The first-order chi connectivity index (χ1) is 9.65. The van der Waals surface area contributed by atoms with Gasteiger partial charge in [0.2, 0.25) is 0 Å². The van der Waals surface area contributed by atoms with Crippen molar-refractivity contribution in [3.8, 4) is 0 Å². The predicted molar refractivity (Wildman–Crippen MR) is 75.7 cm³/mol. The first kappa shape index (κ1) is 13.7. The number of nitrogens with two attached hydrogens (primary N) is 1. The maximum absolute atomic E-state index is 10.8. The molecule has 1 amide bonds. The molecule has 102 valence electrons. The summed E-state index contributed by atoms with van der Waals surface area (Å²) in [7, 11) is 0. The van der Waals surface area contributed by atoms with Crippen molar-refractivity contribution < 1.29 is 9.90 Å². The Bertz CT molecular complexity index is 624. The molecule has 0 spiro atoms. The van der Waals surface area contributed by atoms with Crippen molar-refractivity contribution in [2.24, 2.45) is 5.73 Å². The highest BCUT2D eigenvalue weighted by atomic mass is 16.3. The third kappa shape index (κ3) is 3.91. The number of carbonyl (C=O) groups is 1. The SMILES string of the molecule is NC(=O)/C(O)=C/c1cc(CCc2ccccc2)ncn1. The second-order valence-electron chi connectivity index (χ2n) is 4.31. The summed E-state index contributed by atoms with van der Waals surface area (Å²) in [4.78, 5) is 18.9. The van der Waals surface area contributed by atoms with Crippen LogP contribution in [-0.4, -0.2) is 21.0 Å². The van der Waals surface area contributed by atoms with Crippen LogP contribution in [0.5, 0.6) is 0 Å². The Morgan fingerprint density at radius 2 is 1.95 bits per heavy atom. The van der Waals surface area contributed by atoms with Gasteiger partial charge in [-0.25, -0.2) is 9.97 Å². The second kappa shape index (κ2) is 6.47. The molecule has 0 unspecified atom stereocenters. The Balaban J connectivity index is 2.07. The number of aliphatic hydroxyl groups is 1. The van der Waals surface area contributed by atoms with Crippen molar-refractivity contribution in [2.45, 2.75) is 12.8 Å². The van der Waals surface area contributed by atoms with E-state index < -0.39 is 11.7 Å². The third-order valence-corrected chi connectivity index (χ3v) is 2.79. The second-order valence-corrected chi connectivity index (χ2v) is 4.31. The van der Waals surface area contributed by atoms with Crippen LogP contribution in [0.4, 0.5) is 0 Å². The van der Waals surface area contributed by atoms with Crippen molar-refractivity contribution in [3.63, 3.8) is 0 Å². The first-order valence-corrected chi connectivity index (χ1v) is 6.20. The molecule has 1 aromatic carbocycles. The molecule has 20 heavy (non-hydrogen) atoms. The molecule has 0 atom stereocenters. The van der Waals surface area contributed by atoms with E-state index in [1.807, 2.05) is 18.2 Å². The summed E-state index contributed by atoms with van der Waals surface area (Å²) >= 11 is 0. The molecule has 5 heteroatoms. The molecular formula is C15H15N3O2. The van der Waals surface area contributed by atoms with Crippen LogP contribution in [0.25, 0.3) is 6.08 Å².